The van der Waals surface area contributed by atoms with Crippen molar-refractivity contribution in [3.8, 4) is 11.3 Å². The number of nitrogens with zero attached hydrogens (tertiary/aromatic N) is 1. The Morgan fingerprint density at radius 2 is 2.13 bits per heavy atom. The summed E-state index contributed by atoms with van der Waals surface area (Å²) in [4.78, 5) is 16.1. The molecule has 0 amide bonds. The summed E-state index contributed by atoms with van der Waals surface area (Å²) in [7, 11) is 0. The average molecular weight is 218 g/mol. The van der Waals surface area contributed by atoms with Gasteiger partial charge in [0.1, 0.15) is 0 Å². The summed E-state index contributed by atoms with van der Waals surface area (Å²) in [5, 5.41) is 0.531. The second-order valence-electron chi connectivity index (χ2n) is 3.16. The maximum atomic E-state index is 10.9. The molecule has 2 rings (SSSR count). The zero-order valence-electron chi connectivity index (χ0n) is 8.23. The summed E-state index contributed by atoms with van der Waals surface area (Å²) in [6.07, 6.45) is 0.838. The first-order chi connectivity index (χ1) is 7.22. The molecule has 0 aliphatic rings. The molecule has 0 unspecified atom stereocenters. The van der Waals surface area contributed by atoms with Crippen molar-refractivity contribution in [3.63, 3.8) is 0 Å². The van der Waals surface area contributed by atoms with Crippen molar-refractivity contribution in [1.82, 2.24) is 4.98 Å². The van der Waals surface area contributed by atoms with E-state index in [0.29, 0.717) is 10.7 Å². The van der Waals surface area contributed by atoms with E-state index < -0.39 is 0 Å². The number of nitrogens with two attached hydrogens (primary N) is 1. The van der Waals surface area contributed by atoms with E-state index >= 15 is 0 Å². The third kappa shape index (κ3) is 1.76. The number of hydrogen-bond acceptors (Lipinski definition) is 4. The molecule has 0 aliphatic heterocycles. The van der Waals surface area contributed by atoms with Crippen LogP contribution in [-0.2, 0) is 0 Å². The fourth-order valence-electron chi connectivity index (χ4n) is 1.48. The summed E-state index contributed by atoms with van der Waals surface area (Å²) in [6.45, 7) is 1.95. The summed E-state index contributed by atoms with van der Waals surface area (Å²) in [5.74, 6) is 0. The molecule has 0 saturated carbocycles. The number of carbonyl (C=O) groups excluding carboxylic acids is 1. The minimum absolute atomic E-state index is 0.531. The molecule has 0 fully saturated rings. The van der Waals surface area contributed by atoms with Gasteiger partial charge in [-0.2, -0.15) is 0 Å². The molecule has 2 aromatic rings. The van der Waals surface area contributed by atoms with Gasteiger partial charge >= 0.3 is 0 Å². The van der Waals surface area contributed by atoms with Crippen molar-refractivity contribution in [1.29, 1.82) is 0 Å². The average Bonchev–Trinajstić information content (AvgIpc) is 2.57. The van der Waals surface area contributed by atoms with E-state index in [9.17, 15) is 4.79 Å². The first-order valence-corrected chi connectivity index (χ1v) is 5.31. The van der Waals surface area contributed by atoms with Crippen LogP contribution >= 0.6 is 11.3 Å². The Bertz CT molecular complexity index is 505. The SMILES string of the molecule is Cc1sc(N)nc1-c1ccccc1C=O. The number of thiazole rings is 1. The number of nitrogen functional groups attached to an aromatic ring is 1. The minimum atomic E-state index is 0.531. The second-order valence-corrected chi connectivity index (χ2v) is 4.40. The molecule has 2 N–H and O–H groups in total. The second kappa shape index (κ2) is 3.82. The number of aromatic nitrogens is 1. The van der Waals surface area contributed by atoms with Crippen molar-refractivity contribution >= 4 is 22.8 Å². The number of aldehydes is 1. The topological polar surface area (TPSA) is 56.0 Å². The molecular weight excluding hydrogens is 208 g/mol. The van der Waals surface area contributed by atoms with Crippen molar-refractivity contribution in [3.05, 3.63) is 34.7 Å². The number of rotatable bonds is 2. The van der Waals surface area contributed by atoms with Crippen molar-refractivity contribution in [2.45, 2.75) is 6.92 Å². The molecule has 1 heterocycles. The smallest absolute Gasteiger partial charge is 0.180 e. The molecule has 4 heteroatoms. The van der Waals surface area contributed by atoms with Crippen LogP contribution in [0, 0.1) is 6.92 Å². The van der Waals surface area contributed by atoms with E-state index in [2.05, 4.69) is 4.98 Å². The lowest BCUT2D eigenvalue weighted by atomic mass is 10.1. The highest BCUT2D eigenvalue weighted by Gasteiger charge is 2.10. The highest BCUT2D eigenvalue weighted by atomic mass is 32.1. The predicted octanol–water partition coefficient (Wildman–Crippen LogP) is 2.51. The summed E-state index contributed by atoms with van der Waals surface area (Å²) in [5.41, 5.74) is 7.92. The van der Waals surface area contributed by atoms with E-state index in [1.165, 1.54) is 11.3 Å². The third-order valence-corrected chi connectivity index (χ3v) is 2.96. The Morgan fingerprint density at radius 3 is 2.73 bits per heavy atom. The van der Waals surface area contributed by atoms with Crippen LogP contribution in [0.4, 0.5) is 5.13 Å². The number of carbonyl (C=O) groups is 1. The van der Waals surface area contributed by atoms with Gasteiger partial charge in [0, 0.05) is 16.0 Å². The maximum Gasteiger partial charge on any atom is 0.180 e. The first kappa shape index (κ1) is 9.86. The third-order valence-electron chi connectivity index (χ3n) is 2.16. The van der Waals surface area contributed by atoms with Gasteiger partial charge in [-0.25, -0.2) is 4.98 Å². The van der Waals surface area contributed by atoms with Gasteiger partial charge in [0.15, 0.2) is 11.4 Å². The number of aryl methyl sites for hydroxylation is 1. The van der Waals surface area contributed by atoms with Crippen LogP contribution < -0.4 is 5.73 Å². The van der Waals surface area contributed by atoms with Crippen LogP contribution in [0.2, 0.25) is 0 Å². The Hall–Kier alpha value is -1.68. The van der Waals surface area contributed by atoms with Crippen LogP contribution in [0.5, 0.6) is 0 Å². The normalized spacial score (nSPS) is 10.2. The van der Waals surface area contributed by atoms with Gasteiger partial charge < -0.3 is 5.73 Å². The Labute approximate surface area is 91.6 Å². The van der Waals surface area contributed by atoms with Crippen LogP contribution in [0.1, 0.15) is 15.2 Å². The lowest BCUT2D eigenvalue weighted by Crippen LogP contribution is -1.89. The molecule has 3 nitrogen and oxygen atoms in total. The molecule has 0 saturated heterocycles. The van der Waals surface area contributed by atoms with E-state index in [1.54, 1.807) is 6.07 Å². The van der Waals surface area contributed by atoms with Crippen molar-refractivity contribution < 1.29 is 4.79 Å². The molecule has 0 spiro atoms. The van der Waals surface area contributed by atoms with Gasteiger partial charge in [-0.05, 0) is 6.92 Å². The summed E-state index contributed by atoms with van der Waals surface area (Å²) in [6, 6.07) is 7.37. The lowest BCUT2D eigenvalue weighted by Gasteiger charge is -2.01. The van der Waals surface area contributed by atoms with Crippen molar-refractivity contribution in [2.24, 2.45) is 0 Å². The molecule has 1 aromatic carbocycles. The van der Waals surface area contributed by atoms with Crippen LogP contribution in [0.15, 0.2) is 24.3 Å². The zero-order valence-corrected chi connectivity index (χ0v) is 9.04. The molecule has 0 radical (unpaired) electrons. The minimum Gasteiger partial charge on any atom is -0.375 e. The standard InChI is InChI=1S/C11H10N2OS/c1-7-10(13-11(12)15-7)9-5-3-2-4-8(9)6-14/h2-6H,1H3,(H2,12,13). The fourth-order valence-corrected chi connectivity index (χ4v) is 2.19. The van der Waals surface area contributed by atoms with Gasteiger partial charge in [-0.1, -0.05) is 24.3 Å². The maximum absolute atomic E-state index is 10.9. The monoisotopic (exact) mass is 218 g/mol. The molecule has 76 valence electrons. The number of anilines is 1. The van der Waals surface area contributed by atoms with Crippen LogP contribution in [0.3, 0.4) is 0 Å². The van der Waals surface area contributed by atoms with Gasteiger partial charge in [-0.3, -0.25) is 4.79 Å². The molecular formula is C11H10N2OS. The quantitative estimate of drug-likeness (QED) is 0.788. The molecule has 0 aliphatic carbocycles. The van der Waals surface area contributed by atoms with E-state index in [4.69, 9.17) is 5.73 Å². The summed E-state index contributed by atoms with van der Waals surface area (Å²) >= 11 is 1.43. The molecule has 0 atom stereocenters. The van der Waals surface area contributed by atoms with E-state index in [-0.39, 0.29) is 0 Å². The van der Waals surface area contributed by atoms with Gasteiger partial charge in [0.2, 0.25) is 0 Å². The van der Waals surface area contributed by atoms with Gasteiger partial charge in [-0.15, -0.1) is 11.3 Å². The Morgan fingerprint density at radius 1 is 1.40 bits per heavy atom. The largest absolute Gasteiger partial charge is 0.375 e. The van der Waals surface area contributed by atoms with Crippen molar-refractivity contribution in [2.75, 3.05) is 5.73 Å². The number of hydrogen-bond donors (Lipinski definition) is 1. The van der Waals surface area contributed by atoms with E-state index in [0.717, 1.165) is 22.4 Å². The summed E-state index contributed by atoms with van der Waals surface area (Å²) < 4.78 is 0. The van der Waals surface area contributed by atoms with Crippen LogP contribution in [0.25, 0.3) is 11.3 Å². The van der Waals surface area contributed by atoms with Gasteiger partial charge in [0.25, 0.3) is 0 Å². The molecule has 1 aromatic heterocycles. The highest BCUT2D eigenvalue weighted by Crippen LogP contribution is 2.30. The zero-order chi connectivity index (χ0) is 10.8. The lowest BCUT2D eigenvalue weighted by molar-refractivity contribution is 0.112. The molecule has 0 bridgehead atoms. The predicted molar refractivity (Wildman–Crippen MR) is 62.1 cm³/mol. The van der Waals surface area contributed by atoms with Crippen LogP contribution in [-0.4, -0.2) is 11.3 Å². The highest BCUT2D eigenvalue weighted by molar-refractivity contribution is 7.15. The first-order valence-electron chi connectivity index (χ1n) is 4.50. The van der Waals surface area contributed by atoms with E-state index in [1.807, 2.05) is 25.1 Å². The Balaban J connectivity index is 2.63. The Kier molecular flexibility index (Phi) is 2.51. The molecule has 15 heavy (non-hydrogen) atoms. The fraction of sp³-hybridized carbons (Fsp3) is 0.0909. The van der Waals surface area contributed by atoms with Gasteiger partial charge in [0.05, 0.1) is 5.69 Å². The number of benzene rings is 1.